The van der Waals surface area contributed by atoms with E-state index in [-0.39, 0.29) is 18.3 Å². The van der Waals surface area contributed by atoms with Gasteiger partial charge in [-0.05, 0) is 25.3 Å². The highest BCUT2D eigenvalue weighted by Gasteiger charge is 2.47. The van der Waals surface area contributed by atoms with Gasteiger partial charge in [0.25, 0.3) is 0 Å². The van der Waals surface area contributed by atoms with Crippen LogP contribution < -0.4 is 5.73 Å². The minimum atomic E-state index is -0.556. The predicted molar refractivity (Wildman–Crippen MR) is 71.1 cm³/mol. The van der Waals surface area contributed by atoms with Crippen LogP contribution in [-0.4, -0.2) is 23.4 Å². The van der Waals surface area contributed by atoms with Gasteiger partial charge in [0.2, 0.25) is 5.91 Å². The van der Waals surface area contributed by atoms with Gasteiger partial charge in [-0.3, -0.25) is 4.79 Å². The normalized spacial score (nSPS) is 15.9. The van der Waals surface area contributed by atoms with Crippen LogP contribution in [0.2, 0.25) is 0 Å². The molecule has 1 aliphatic rings. The molecule has 2 rings (SSSR count). The van der Waals surface area contributed by atoms with Gasteiger partial charge in [-0.15, -0.1) is 12.4 Å². The molecule has 0 radical (unpaired) electrons. The van der Waals surface area contributed by atoms with Gasteiger partial charge in [-0.25, -0.2) is 0 Å². The van der Waals surface area contributed by atoms with E-state index in [1.54, 1.807) is 4.90 Å². The first-order valence-electron chi connectivity index (χ1n) is 5.61. The van der Waals surface area contributed by atoms with Gasteiger partial charge >= 0.3 is 0 Å². The average molecular weight is 255 g/mol. The Hall–Kier alpha value is -1.06. The molecule has 1 fully saturated rings. The Labute approximate surface area is 108 Å². The average Bonchev–Trinajstić information content (AvgIpc) is 3.00. The molecule has 1 saturated carbocycles. The van der Waals surface area contributed by atoms with Gasteiger partial charge in [-0.1, -0.05) is 29.8 Å². The number of carbonyl (C=O) groups excluding carboxylic acids is 1. The van der Waals surface area contributed by atoms with Crippen molar-refractivity contribution in [3.8, 4) is 0 Å². The second kappa shape index (κ2) is 5.07. The second-order valence-corrected chi connectivity index (χ2v) is 4.80. The highest BCUT2D eigenvalue weighted by molar-refractivity contribution is 5.88. The van der Waals surface area contributed by atoms with E-state index in [1.807, 2.05) is 7.05 Å². The fourth-order valence-electron chi connectivity index (χ4n) is 1.77. The molecular weight excluding hydrogens is 236 g/mol. The number of amides is 1. The van der Waals surface area contributed by atoms with Crippen LogP contribution in [0.5, 0.6) is 0 Å². The molecule has 4 heteroatoms. The Morgan fingerprint density at radius 3 is 2.35 bits per heavy atom. The highest BCUT2D eigenvalue weighted by Crippen LogP contribution is 2.34. The number of likely N-dealkylation sites (N-methyl/N-ethyl adjacent to an activating group) is 1. The number of carbonyl (C=O) groups is 1. The quantitative estimate of drug-likeness (QED) is 0.895. The van der Waals surface area contributed by atoms with Gasteiger partial charge < -0.3 is 10.6 Å². The van der Waals surface area contributed by atoms with Gasteiger partial charge in [0.15, 0.2) is 0 Å². The van der Waals surface area contributed by atoms with Gasteiger partial charge in [0, 0.05) is 13.6 Å². The summed E-state index contributed by atoms with van der Waals surface area (Å²) in [7, 11) is 1.81. The minimum Gasteiger partial charge on any atom is -0.340 e. The molecule has 0 atom stereocenters. The largest absolute Gasteiger partial charge is 0.340 e. The summed E-state index contributed by atoms with van der Waals surface area (Å²) in [4.78, 5) is 13.6. The molecule has 3 nitrogen and oxygen atoms in total. The topological polar surface area (TPSA) is 46.3 Å². The molecule has 17 heavy (non-hydrogen) atoms. The van der Waals surface area contributed by atoms with E-state index in [4.69, 9.17) is 5.73 Å². The zero-order valence-corrected chi connectivity index (χ0v) is 11.1. The van der Waals surface area contributed by atoms with Crippen LogP contribution in [-0.2, 0) is 11.3 Å². The summed E-state index contributed by atoms with van der Waals surface area (Å²) in [5.41, 5.74) is 7.70. The van der Waals surface area contributed by atoms with E-state index in [0.717, 1.165) is 18.4 Å². The molecule has 1 aromatic rings. The predicted octanol–water partition coefficient (Wildman–Crippen LogP) is 1.87. The van der Waals surface area contributed by atoms with Crippen LogP contribution in [0.25, 0.3) is 0 Å². The fraction of sp³-hybridized carbons (Fsp3) is 0.462. The standard InChI is InChI=1S/C13H18N2O.ClH/c1-10-3-5-11(6-4-10)9-15(2)12(16)13(14)7-8-13;/h3-6H,7-9,14H2,1-2H3;1H. The molecule has 94 valence electrons. The molecule has 1 aromatic carbocycles. The third-order valence-electron chi connectivity index (χ3n) is 3.10. The highest BCUT2D eigenvalue weighted by atomic mass is 35.5. The van der Waals surface area contributed by atoms with Crippen molar-refractivity contribution in [3.05, 3.63) is 35.4 Å². The first-order valence-corrected chi connectivity index (χ1v) is 5.61. The van der Waals surface area contributed by atoms with Crippen molar-refractivity contribution in [2.45, 2.75) is 31.8 Å². The first-order chi connectivity index (χ1) is 7.51. The Bertz CT molecular complexity index is 398. The van der Waals surface area contributed by atoms with Crippen LogP contribution in [0, 0.1) is 6.92 Å². The van der Waals surface area contributed by atoms with Crippen LogP contribution in [0.4, 0.5) is 0 Å². The number of hydrogen-bond acceptors (Lipinski definition) is 2. The van der Waals surface area contributed by atoms with Crippen molar-refractivity contribution in [3.63, 3.8) is 0 Å². The maximum absolute atomic E-state index is 11.9. The summed E-state index contributed by atoms with van der Waals surface area (Å²) in [6.45, 7) is 2.69. The van der Waals surface area contributed by atoms with Crippen LogP contribution in [0.15, 0.2) is 24.3 Å². The van der Waals surface area contributed by atoms with E-state index in [2.05, 4.69) is 31.2 Å². The zero-order valence-electron chi connectivity index (χ0n) is 10.3. The van der Waals surface area contributed by atoms with E-state index in [9.17, 15) is 4.79 Å². The monoisotopic (exact) mass is 254 g/mol. The minimum absolute atomic E-state index is 0. The van der Waals surface area contributed by atoms with Gasteiger partial charge in [0.05, 0.1) is 5.54 Å². The number of nitrogens with two attached hydrogens (primary N) is 1. The summed E-state index contributed by atoms with van der Waals surface area (Å²) in [6.07, 6.45) is 1.65. The third kappa shape index (κ3) is 3.20. The third-order valence-corrected chi connectivity index (χ3v) is 3.10. The second-order valence-electron chi connectivity index (χ2n) is 4.80. The molecule has 0 saturated heterocycles. The fourth-order valence-corrected chi connectivity index (χ4v) is 1.77. The number of halogens is 1. The maximum atomic E-state index is 11.9. The maximum Gasteiger partial charge on any atom is 0.242 e. The lowest BCUT2D eigenvalue weighted by molar-refractivity contribution is -0.132. The van der Waals surface area contributed by atoms with Crippen molar-refractivity contribution in [2.24, 2.45) is 5.73 Å². The SMILES string of the molecule is Cc1ccc(CN(C)C(=O)C2(N)CC2)cc1.Cl. The Morgan fingerprint density at radius 2 is 1.88 bits per heavy atom. The summed E-state index contributed by atoms with van der Waals surface area (Å²) >= 11 is 0. The molecule has 0 heterocycles. The molecule has 2 N–H and O–H groups in total. The van der Waals surface area contributed by atoms with E-state index >= 15 is 0 Å². The Balaban J connectivity index is 0.00000144. The van der Waals surface area contributed by atoms with Crippen molar-refractivity contribution in [1.82, 2.24) is 4.90 Å². The van der Waals surface area contributed by atoms with Gasteiger partial charge in [-0.2, -0.15) is 0 Å². The van der Waals surface area contributed by atoms with Crippen LogP contribution in [0.1, 0.15) is 24.0 Å². The Kier molecular flexibility index (Phi) is 4.17. The van der Waals surface area contributed by atoms with E-state index in [0.29, 0.717) is 6.54 Å². The summed E-state index contributed by atoms with van der Waals surface area (Å²) in [6, 6.07) is 8.22. The van der Waals surface area contributed by atoms with E-state index in [1.165, 1.54) is 5.56 Å². The molecule has 0 bridgehead atoms. The first kappa shape index (κ1) is 14.0. The lowest BCUT2D eigenvalue weighted by Crippen LogP contribution is -2.43. The summed E-state index contributed by atoms with van der Waals surface area (Å²) in [5.74, 6) is 0.0630. The van der Waals surface area contributed by atoms with Crippen molar-refractivity contribution in [1.29, 1.82) is 0 Å². The lowest BCUT2D eigenvalue weighted by Gasteiger charge is -2.21. The summed E-state index contributed by atoms with van der Waals surface area (Å²) < 4.78 is 0. The summed E-state index contributed by atoms with van der Waals surface area (Å²) in [5, 5.41) is 0. The lowest BCUT2D eigenvalue weighted by atomic mass is 10.1. The van der Waals surface area contributed by atoms with Crippen LogP contribution in [0.3, 0.4) is 0 Å². The molecule has 0 aliphatic heterocycles. The Morgan fingerprint density at radius 1 is 1.35 bits per heavy atom. The zero-order chi connectivity index (χ0) is 11.8. The molecule has 0 spiro atoms. The van der Waals surface area contributed by atoms with Crippen molar-refractivity contribution in [2.75, 3.05) is 7.05 Å². The number of aryl methyl sites for hydroxylation is 1. The van der Waals surface area contributed by atoms with Crippen molar-refractivity contribution >= 4 is 18.3 Å². The van der Waals surface area contributed by atoms with Crippen molar-refractivity contribution < 1.29 is 4.79 Å². The molecule has 0 aromatic heterocycles. The molecule has 0 unspecified atom stereocenters. The smallest absolute Gasteiger partial charge is 0.242 e. The number of hydrogen-bond donors (Lipinski definition) is 1. The molecule has 1 amide bonds. The number of benzene rings is 1. The van der Waals surface area contributed by atoms with Crippen LogP contribution >= 0.6 is 12.4 Å². The van der Waals surface area contributed by atoms with Gasteiger partial charge in [0.1, 0.15) is 0 Å². The number of nitrogens with zero attached hydrogens (tertiary/aromatic N) is 1. The number of rotatable bonds is 3. The van der Waals surface area contributed by atoms with E-state index < -0.39 is 5.54 Å². The molecule has 1 aliphatic carbocycles. The molecular formula is C13H19ClN2O.